The summed E-state index contributed by atoms with van der Waals surface area (Å²) in [6.07, 6.45) is 2.58. The molecule has 1 aliphatic rings. The van der Waals surface area contributed by atoms with E-state index in [0.29, 0.717) is 27.7 Å². The molecule has 1 aliphatic heterocycles. The van der Waals surface area contributed by atoms with Crippen LogP contribution < -0.4 is 14.8 Å². The van der Waals surface area contributed by atoms with E-state index in [0.717, 1.165) is 29.3 Å². The van der Waals surface area contributed by atoms with Gasteiger partial charge in [0.2, 0.25) is 0 Å². The number of amides is 3. The summed E-state index contributed by atoms with van der Waals surface area (Å²) in [5, 5.41) is 2.50. The smallest absolute Gasteiger partial charge is 0.293 e. The number of carbonyl (C=O) groups is 3. The Bertz CT molecular complexity index is 1330. The Morgan fingerprint density at radius 2 is 1.68 bits per heavy atom. The molecule has 0 bridgehead atoms. The van der Waals surface area contributed by atoms with Crippen molar-refractivity contribution in [1.29, 1.82) is 0 Å². The first kappa shape index (κ1) is 26.0. The van der Waals surface area contributed by atoms with Gasteiger partial charge in [0.1, 0.15) is 0 Å². The van der Waals surface area contributed by atoms with Crippen LogP contribution >= 0.6 is 11.8 Å². The van der Waals surface area contributed by atoms with Crippen LogP contribution in [0, 0.1) is 6.92 Å². The summed E-state index contributed by atoms with van der Waals surface area (Å²) in [5.41, 5.74) is 4.56. The van der Waals surface area contributed by atoms with Crippen molar-refractivity contribution in [3.63, 3.8) is 0 Å². The van der Waals surface area contributed by atoms with E-state index >= 15 is 0 Å². The maximum atomic E-state index is 12.9. The van der Waals surface area contributed by atoms with Crippen molar-refractivity contribution >= 4 is 40.6 Å². The summed E-state index contributed by atoms with van der Waals surface area (Å²) in [6.45, 7) is 4.09. The average Bonchev–Trinajstić information content (AvgIpc) is 3.16. The number of benzene rings is 3. The minimum atomic E-state index is -0.335. The van der Waals surface area contributed by atoms with Gasteiger partial charge in [0.15, 0.2) is 18.1 Å². The number of anilines is 1. The highest BCUT2D eigenvalue weighted by Gasteiger charge is 2.35. The number of hydrogen-bond acceptors (Lipinski definition) is 6. The third kappa shape index (κ3) is 6.59. The molecule has 0 radical (unpaired) electrons. The molecule has 3 amide bonds. The fraction of sp³-hybridized carbons (Fsp3) is 0.207. The minimum Gasteiger partial charge on any atom is -0.493 e. The highest BCUT2D eigenvalue weighted by molar-refractivity contribution is 8.18. The van der Waals surface area contributed by atoms with E-state index in [4.69, 9.17) is 9.47 Å². The molecule has 7 nitrogen and oxygen atoms in total. The fourth-order valence-corrected chi connectivity index (χ4v) is 4.56. The molecule has 190 valence electrons. The lowest BCUT2D eigenvalue weighted by Gasteiger charge is -2.13. The SMILES string of the molecule is CCc1ccc(NC(=O)COc2ccc(/C=C3\SC(=O)N(Cc4ccc(C)cc4)C3=O)cc2OC)cc1. The van der Waals surface area contributed by atoms with E-state index < -0.39 is 0 Å². The van der Waals surface area contributed by atoms with Crippen LogP contribution in [-0.4, -0.2) is 35.7 Å². The first-order valence-electron chi connectivity index (χ1n) is 11.9. The number of carbonyl (C=O) groups excluding carboxylic acids is 3. The van der Waals surface area contributed by atoms with Crippen molar-refractivity contribution in [1.82, 2.24) is 4.90 Å². The fourth-order valence-electron chi connectivity index (χ4n) is 3.72. The Morgan fingerprint density at radius 1 is 0.973 bits per heavy atom. The van der Waals surface area contributed by atoms with E-state index in [-0.39, 0.29) is 30.2 Å². The second kappa shape index (κ2) is 11.8. The molecule has 3 aromatic rings. The van der Waals surface area contributed by atoms with Crippen molar-refractivity contribution in [3.05, 3.63) is 93.9 Å². The van der Waals surface area contributed by atoms with Gasteiger partial charge in [-0.2, -0.15) is 0 Å². The standard InChI is InChI=1S/C29H28N2O5S/c1-4-20-9-12-23(13-10-20)30-27(32)18-36-24-14-11-22(15-25(24)35-3)16-26-28(33)31(29(34)37-26)17-21-7-5-19(2)6-8-21/h5-16H,4,17-18H2,1-3H3,(H,30,32)/b26-16-. The Labute approximate surface area is 220 Å². The first-order valence-corrected chi connectivity index (χ1v) is 12.7. The summed E-state index contributed by atoms with van der Waals surface area (Å²) in [5.74, 6) is 0.174. The molecular weight excluding hydrogens is 488 g/mol. The van der Waals surface area contributed by atoms with Gasteiger partial charge in [-0.1, -0.05) is 55.0 Å². The average molecular weight is 517 g/mol. The number of hydrogen-bond donors (Lipinski definition) is 1. The number of imide groups is 1. The van der Waals surface area contributed by atoms with E-state index in [1.165, 1.54) is 17.6 Å². The normalized spacial score (nSPS) is 14.2. The molecule has 1 N–H and O–H groups in total. The predicted molar refractivity (Wildman–Crippen MR) is 146 cm³/mol. The number of rotatable bonds is 9. The Balaban J connectivity index is 1.39. The summed E-state index contributed by atoms with van der Waals surface area (Å²) < 4.78 is 11.1. The number of nitrogens with one attached hydrogen (secondary N) is 1. The van der Waals surface area contributed by atoms with Gasteiger partial charge in [0, 0.05) is 5.69 Å². The Hall–Kier alpha value is -4.04. The molecule has 1 heterocycles. The van der Waals surface area contributed by atoms with Gasteiger partial charge in [-0.25, -0.2) is 0 Å². The maximum Gasteiger partial charge on any atom is 0.293 e. The zero-order valence-corrected chi connectivity index (χ0v) is 21.8. The van der Waals surface area contributed by atoms with Crippen molar-refractivity contribution in [2.75, 3.05) is 19.0 Å². The van der Waals surface area contributed by atoms with Crippen LogP contribution in [0.25, 0.3) is 6.08 Å². The van der Waals surface area contributed by atoms with Gasteiger partial charge in [-0.3, -0.25) is 19.3 Å². The molecule has 1 saturated heterocycles. The number of ether oxygens (including phenoxy) is 2. The highest BCUT2D eigenvalue weighted by atomic mass is 32.2. The molecule has 0 aliphatic carbocycles. The monoisotopic (exact) mass is 516 g/mol. The lowest BCUT2D eigenvalue weighted by Crippen LogP contribution is -2.27. The van der Waals surface area contributed by atoms with Crippen LogP contribution in [0.4, 0.5) is 10.5 Å². The largest absolute Gasteiger partial charge is 0.493 e. The van der Waals surface area contributed by atoms with E-state index in [2.05, 4.69) is 12.2 Å². The van der Waals surface area contributed by atoms with Crippen LogP contribution in [0.15, 0.2) is 71.6 Å². The van der Waals surface area contributed by atoms with E-state index in [1.54, 1.807) is 24.3 Å². The molecule has 8 heteroatoms. The molecule has 0 unspecified atom stereocenters. The lowest BCUT2D eigenvalue weighted by atomic mass is 10.1. The molecule has 0 aromatic heterocycles. The van der Waals surface area contributed by atoms with Gasteiger partial charge in [0.05, 0.1) is 18.6 Å². The second-order valence-electron chi connectivity index (χ2n) is 8.55. The van der Waals surface area contributed by atoms with Gasteiger partial charge >= 0.3 is 0 Å². The van der Waals surface area contributed by atoms with Gasteiger partial charge in [0.25, 0.3) is 17.1 Å². The van der Waals surface area contributed by atoms with Crippen molar-refractivity contribution in [2.45, 2.75) is 26.8 Å². The molecule has 0 atom stereocenters. The zero-order chi connectivity index (χ0) is 26.4. The zero-order valence-electron chi connectivity index (χ0n) is 20.9. The third-order valence-electron chi connectivity index (χ3n) is 5.83. The highest BCUT2D eigenvalue weighted by Crippen LogP contribution is 2.35. The van der Waals surface area contributed by atoms with E-state index in [1.807, 2.05) is 55.5 Å². The summed E-state index contributed by atoms with van der Waals surface area (Å²) in [4.78, 5) is 39.3. The summed E-state index contributed by atoms with van der Waals surface area (Å²) in [6, 6.07) is 20.5. The summed E-state index contributed by atoms with van der Waals surface area (Å²) in [7, 11) is 1.50. The first-order chi connectivity index (χ1) is 17.9. The quantitative estimate of drug-likeness (QED) is 0.361. The number of nitrogens with zero attached hydrogens (tertiary/aromatic N) is 1. The maximum absolute atomic E-state index is 12.9. The Kier molecular flexibility index (Phi) is 8.30. The predicted octanol–water partition coefficient (Wildman–Crippen LogP) is 5.82. The molecule has 0 spiro atoms. The minimum absolute atomic E-state index is 0.191. The van der Waals surface area contributed by atoms with Crippen LogP contribution in [-0.2, 0) is 22.6 Å². The molecule has 0 saturated carbocycles. The van der Waals surface area contributed by atoms with Crippen molar-refractivity contribution < 1.29 is 23.9 Å². The molecular formula is C29H28N2O5S. The van der Waals surface area contributed by atoms with Crippen LogP contribution in [0.2, 0.25) is 0 Å². The lowest BCUT2D eigenvalue weighted by molar-refractivity contribution is -0.123. The van der Waals surface area contributed by atoms with Crippen molar-refractivity contribution in [3.8, 4) is 11.5 Å². The number of thioether (sulfide) groups is 1. The molecule has 3 aromatic carbocycles. The van der Waals surface area contributed by atoms with Gasteiger partial charge < -0.3 is 14.8 Å². The summed E-state index contributed by atoms with van der Waals surface area (Å²) >= 11 is 0.907. The number of aryl methyl sites for hydroxylation is 2. The molecule has 4 rings (SSSR count). The van der Waals surface area contributed by atoms with E-state index in [9.17, 15) is 14.4 Å². The Morgan fingerprint density at radius 3 is 2.35 bits per heavy atom. The molecule has 37 heavy (non-hydrogen) atoms. The van der Waals surface area contributed by atoms with Crippen LogP contribution in [0.5, 0.6) is 11.5 Å². The van der Waals surface area contributed by atoms with Crippen LogP contribution in [0.1, 0.15) is 29.2 Å². The van der Waals surface area contributed by atoms with Gasteiger partial charge in [-0.05, 0) is 72.1 Å². The van der Waals surface area contributed by atoms with Gasteiger partial charge in [-0.15, -0.1) is 0 Å². The third-order valence-corrected chi connectivity index (χ3v) is 6.73. The van der Waals surface area contributed by atoms with Crippen LogP contribution in [0.3, 0.4) is 0 Å². The second-order valence-corrected chi connectivity index (χ2v) is 9.54. The number of methoxy groups -OCH3 is 1. The molecule has 1 fully saturated rings. The van der Waals surface area contributed by atoms with Crippen molar-refractivity contribution in [2.24, 2.45) is 0 Å². The topological polar surface area (TPSA) is 84.9 Å².